The Balaban J connectivity index is 2.05. The summed E-state index contributed by atoms with van der Waals surface area (Å²) in [5.41, 5.74) is 1.67. The predicted octanol–water partition coefficient (Wildman–Crippen LogP) is 1.55. The lowest BCUT2D eigenvalue weighted by molar-refractivity contribution is -0.134. The molecule has 2 rings (SSSR count). The average molecular weight is 205 g/mol. The standard InChI is InChI=1S/C11H11NO3/c1-14-10-4-2-8(3-5-10)12-9-6-11(13)15-7-9/h2-6,12H,7H2,1H3. The molecule has 0 saturated heterocycles. The summed E-state index contributed by atoms with van der Waals surface area (Å²) < 4.78 is 9.80. The number of carbonyl (C=O) groups excluding carboxylic acids is 1. The second-order valence-corrected chi connectivity index (χ2v) is 3.13. The van der Waals surface area contributed by atoms with Gasteiger partial charge in [-0.05, 0) is 24.3 Å². The maximum atomic E-state index is 10.8. The highest BCUT2D eigenvalue weighted by Gasteiger charge is 2.12. The van der Waals surface area contributed by atoms with E-state index >= 15 is 0 Å². The number of methoxy groups -OCH3 is 1. The van der Waals surface area contributed by atoms with Crippen molar-refractivity contribution in [1.29, 1.82) is 0 Å². The summed E-state index contributed by atoms with van der Waals surface area (Å²) in [6.07, 6.45) is 1.45. The highest BCUT2D eigenvalue weighted by Crippen LogP contribution is 2.17. The first-order valence-corrected chi connectivity index (χ1v) is 4.56. The molecular weight excluding hydrogens is 194 g/mol. The van der Waals surface area contributed by atoms with Crippen molar-refractivity contribution in [2.45, 2.75) is 0 Å². The zero-order valence-corrected chi connectivity index (χ0v) is 8.32. The molecule has 78 valence electrons. The Hall–Kier alpha value is -1.97. The molecule has 0 unspecified atom stereocenters. The molecule has 0 aromatic heterocycles. The molecule has 0 bridgehead atoms. The number of ether oxygens (including phenoxy) is 2. The summed E-state index contributed by atoms with van der Waals surface area (Å²) in [6, 6.07) is 7.45. The summed E-state index contributed by atoms with van der Waals surface area (Å²) in [7, 11) is 1.62. The van der Waals surface area contributed by atoms with Gasteiger partial charge in [0.2, 0.25) is 0 Å². The molecule has 0 fully saturated rings. The van der Waals surface area contributed by atoms with E-state index in [0.29, 0.717) is 6.61 Å². The van der Waals surface area contributed by atoms with E-state index in [-0.39, 0.29) is 5.97 Å². The van der Waals surface area contributed by atoms with E-state index in [1.165, 1.54) is 6.08 Å². The van der Waals surface area contributed by atoms with Gasteiger partial charge in [-0.1, -0.05) is 0 Å². The van der Waals surface area contributed by atoms with Crippen LogP contribution in [0.25, 0.3) is 0 Å². The minimum absolute atomic E-state index is 0.300. The van der Waals surface area contributed by atoms with Crippen molar-refractivity contribution >= 4 is 11.7 Å². The van der Waals surface area contributed by atoms with Crippen LogP contribution in [0.2, 0.25) is 0 Å². The smallest absolute Gasteiger partial charge is 0.333 e. The number of cyclic esters (lactones) is 1. The molecule has 0 spiro atoms. The summed E-state index contributed by atoms with van der Waals surface area (Å²) in [5.74, 6) is 0.499. The van der Waals surface area contributed by atoms with Crippen LogP contribution >= 0.6 is 0 Å². The minimum Gasteiger partial charge on any atom is -0.497 e. The van der Waals surface area contributed by atoms with E-state index < -0.39 is 0 Å². The largest absolute Gasteiger partial charge is 0.497 e. The molecule has 4 nitrogen and oxygen atoms in total. The monoisotopic (exact) mass is 205 g/mol. The fourth-order valence-corrected chi connectivity index (χ4v) is 1.31. The van der Waals surface area contributed by atoms with E-state index in [0.717, 1.165) is 17.1 Å². The number of carbonyl (C=O) groups is 1. The molecule has 1 aliphatic heterocycles. The maximum absolute atomic E-state index is 10.8. The van der Waals surface area contributed by atoms with E-state index in [1.54, 1.807) is 7.11 Å². The van der Waals surface area contributed by atoms with Crippen LogP contribution < -0.4 is 10.1 Å². The topological polar surface area (TPSA) is 47.6 Å². The van der Waals surface area contributed by atoms with Crippen molar-refractivity contribution in [2.75, 3.05) is 19.0 Å². The van der Waals surface area contributed by atoms with Crippen LogP contribution in [0.1, 0.15) is 0 Å². The average Bonchev–Trinajstić information content (AvgIpc) is 2.65. The van der Waals surface area contributed by atoms with Gasteiger partial charge in [-0.25, -0.2) is 4.79 Å². The van der Waals surface area contributed by atoms with Crippen molar-refractivity contribution in [3.8, 4) is 5.75 Å². The van der Waals surface area contributed by atoms with Gasteiger partial charge in [0.05, 0.1) is 12.8 Å². The molecule has 4 heteroatoms. The fraction of sp³-hybridized carbons (Fsp3) is 0.182. The summed E-state index contributed by atoms with van der Waals surface area (Å²) >= 11 is 0. The van der Waals surface area contributed by atoms with Gasteiger partial charge in [-0.3, -0.25) is 0 Å². The van der Waals surface area contributed by atoms with Crippen LogP contribution in [0.15, 0.2) is 36.0 Å². The summed E-state index contributed by atoms with van der Waals surface area (Å²) in [6.45, 7) is 0.310. The SMILES string of the molecule is COc1ccc(NC2=CC(=O)OC2)cc1. The number of rotatable bonds is 3. The van der Waals surface area contributed by atoms with Crippen LogP contribution in [0.3, 0.4) is 0 Å². The molecule has 1 aromatic rings. The van der Waals surface area contributed by atoms with Gasteiger partial charge in [-0.15, -0.1) is 0 Å². The maximum Gasteiger partial charge on any atom is 0.333 e. The van der Waals surface area contributed by atoms with Gasteiger partial charge >= 0.3 is 5.97 Å². The third-order valence-corrected chi connectivity index (χ3v) is 2.06. The zero-order chi connectivity index (χ0) is 10.7. The van der Waals surface area contributed by atoms with Gasteiger partial charge in [0.15, 0.2) is 0 Å². The van der Waals surface area contributed by atoms with E-state index in [9.17, 15) is 4.79 Å². The van der Waals surface area contributed by atoms with Crippen molar-refractivity contribution in [3.05, 3.63) is 36.0 Å². The Morgan fingerprint density at radius 1 is 1.33 bits per heavy atom. The van der Waals surface area contributed by atoms with Gasteiger partial charge in [0.1, 0.15) is 12.4 Å². The van der Waals surface area contributed by atoms with Crippen LogP contribution in [0.4, 0.5) is 5.69 Å². The number of hydrogen-bond donors (Lipinski definition) is 1. The van der Waals surface area contributed by atoms with Gasteiger partial charge in [0, 0.05) is 11.8 Å². The fourth-order valence-electron chi connectivity index (χ4n) is 1.31. The number of nitrogens with one attached hydrogen (secondary N) is 1. The molecule has 0 aliphatic carbocycles. The third-order valence-electron chi connectivity index (χ3n) is 2.06. The first-order chi connectivity index (χ1) is 7.28. The van der Waals surface area contributed by atoms with Gasteiger partial charge in [-0.2, -0.15) is 0 Å². The Kier molecular flexibility index (Phi) is 2.58. The Bertz CT molecular complexity index is 395. The molecule has 1 N–H and O–H groups in total. The second-order valence-electron chi connectivity index (χ2n) is 3.13. The van der Waals surface area contributed by atoms with Crippen LogP contribution in [0.5, 0.6) is 5.75 Å². The Labute approximate surface area is 87.5 Å². The first kappa shape index (κ1) is 9.58. The van der Waals surface area contributed by atoms with E-state index in [1.807, 2.05) is 24.3 Å². The van der Waals surface area contributed by atoms with Gasteiger partial charge < -0.3 is 14.8 Å². The normalized spacial score (nSPS) is 14.5. The molecule has 1 aromatic carbocycles. The lowest BCUT2D eigenvalue weighted by Gasteiger charge is -2.06. The van der Waals surface area contributed by atoms with Crippen LogP contribution in [-0.4, -0.2) is 19.7 Å². The Morgan fingerprint density at radius 2 is 2.07 bits per heavy atom. The van der Waals surface area contributed by atoms with Crippen molar-refractivity contribution < 1.29 is 14.3 Å². The van der Waals surface area contributed by atoms with E-state index in [4.69, 9.17) is 9.47 Å². The molecule has 0 saturated carbocycles. The highest BCUT2D eigenvalue weighted by molar-refractivity contribution is 5.86. The molecule has 15 heavy (non-hydrogen) atoms. The Morgan fingerprint density at radius 3 is 2.60 bits per heavy atom. The van der Waals surface area contributed by atoms with Crippen molar-refractivity contribution in [1.82, 2.24) is 0 Å². The summed E-state index contributed by atoms with van der Waals surface area (Å²) in [5, 5.41) is 3.08. The molecule has 0 atom stereocenters. The highest BCUT2D eigenvalue weighted by atomic mass is 16.5. The number of anilines is 1. The molecular formula is C11H11NO3. The molecule has 0 radical (unpaired) electrons. The van der Waals surface area contributed by atoms with Crippen LogP contribution in [-0.2, 0) is 9.53 Å². The van der Waals surface area contributed by atoms with Crippen molar-refractivity contribution in [2.24, 2.45) is 0 Å². The quantitative estimate of drug-likeness (QED) is 0.760. The molecule has 1 heterocycles. The second kappa shape index (κ2) is 4.04. The molecule has 0 amide bonds. The lowest BCUT2D eigenvalue weighted by atomic mass is 10.3. The predicted molar refractivity (Wildman–Crippen MR) is 55.7 cm³/mol. The zero-order valence-electron chi connectivity index (χ0n) is 8.32. The third kappa shape index (κ3) is 2.28. The van der Waals surface area contributed by atoms with Crippen LogP contribution in [0, 0.1) is 0 Å². The van der Waals surface area contributed by atoms with E-state index in [2.05, 4.69) is 5.32 Å². The molecule has 1 aliphatic rings. The van der Waals surface area contributed by atoms with Crippen molar-refractivity contribution in [3.63, 3.8) is 0 Å². The number of esters is 1. The minimum atomic E-state index is -0.300. The number of hydrogen-bond acceptors (Lipinski definition) is 4. The van der Waals surface area contributed by atoms with Gasteiger partial charge in [0.25, 0.3) is 0 Å². The number of benzene rings is 1. The summed E-state index contributed by atoms with van der Waals surface area (Å²) in [4.78, 5) is 10.8. The first-order valence-electron chi connectivity index (χ1n) is 4.56. The lowest BCUT2D eigenvalue weighted by Crippen LogP contribution is -2.00.